The molecule has 0 bridgehead atoms. The zero-order chi connectivity index (χ0) is 13.2. The van der Waals surface area contributed by atoms with Crippen LogP contribution in [0, 0.1) is 11.3 Å². The van der Waals surface area contributed by atoms with Crippen molar-refractivity contribution in [2.24, 2.45) is 5.73 Å². The first-order valence-corrected chi connectivity index (χ1v) is 5.88. The van der Waals surface area contributed by atoms with Crippen molar-refractivity contribution in [3.8, 4) is 6.07 Å². The summed E-state index contributed by atoms with van der Waals surface area (Å²) in [6.45, 7) is 4.41. The largest absolute Gasteiger partial charge is 1.00 e. The van der Waals surface area contributed by atoms with Crippen molar-refractivity contribution in [2.75, 3.05) is 6.54 Å². The van der Waals surface area contributed by atoms with Crippen molar-refractivity contribution in [1.82, 2.24) is 0 Å². The number of nitrogens with two attached hydrogens (primary N) is 1. The second kappa shape index (κ2) is 6.13. The summed E-state index contributed by atoms with van der Waals surface area (Å²) in [7, 11) is -10.7. The van der Waals surface area contributed by atoms with Crippen molar-refractivity contribution in [2.45, 2.75) is 26.7 Å². The van der Waals surface area contributed by atoms with Crippen LogP contribution in [-0.2, 0) is 0 Å². The molecule has 2 N–H and O–H groups in total. The predicted molar refractivity (Wildman–Crippen MR) is 49.9 cm³/mol. The number of hydrogen-bond acceptors (Lipinski definition) is 2. The van der Waals surface area contributed by atoms with Crippen molar-refractivity contribution >= 4 is 7.81 Å². The maximum absolute atomic E-state index is 10.7. The Balaban J connectivity index is -0.0000000710. The van der Waals surface area contributed by atoms with Gasteiger partial charge in [0.15, 0.2) is 0 Å². The Kier molecular flexibility index (Phi) is 8.15. The SMILES string of the molecule is CC#N.CCCCN.F[P-](F)(F)(F)(F)F.[H+]. The Morgan fingerprint density at radius 3 is 1.40 bits per heavy atom. The molecule has 96 valence electrons. The van der Waals surface area contributed by atoms with E-state index in [2.05, 4.69) is 6.92 Å². The van der Waals surface area contributed by atoms with Gasteiger partial charge in [0.2, 0.25) is 0 Å². The summed E-state index contributed by atoms with van der Waals surface area (Å²) in [5, 5.41) is 7.32. The molecule has 0 spiro atoms. The smallest absolute Gasteiger partial charge is 1.00 e. The van der Waals surface area contributed by atoms with Crippen LogP contribution in [0.15, 0.2) is 0 Å². The molecule has 0 rings (SSSR count). The van der Waals surface area contributed by atoms with E-state index in [0.717, 1.165) is 6.54 Å². The van der Waals surface area contributed by atoms with Gasteiger partial charge in [0.25, 0.3) is 0 Å². The van der Waals surface area contributed by atoms with Gasteiger partial charge in [0.05, 0.1) is 6.07 Å². The molecular formula is C6H15F6N2P. The van der Waals surface area contributed by atoms with E-state index in [-0.39, 0.29) is 1.43 Å². The fourth-order valence-corrected chi connectivity index (χ4v) is 0.204. The summed E-state index contributed by atoms with van der Waals surface area (Å²) in [4.78, 5) is 0. The summed E-state index contributed by atoms with van der Waals surface area (Å²) < 4.78 is 59.2. The van der Waals surface area contributed by atoms with Crippen LogP contribution in [0.25, 0.3) is 0 Å². The molecule has 0 atom stereocenters. The zero-order valence-corrected chi connectivity index (χ0v) is 9.26. The van der Waals surface area contributed by atoms with E-state index in [4.69, 9.17) is 11.0 Å². The number of halogens is 6. The van der Waals surface area contributed by atoms with Crippen LogP contribution in [0.1, 0.15) is 28.1 Å². The molecule has 0 aromatic heterocycles. The summed E-state index contributed by atoms with van der Waals surface area (Å²) in [5.41, 5.74) is 5.14. The van der Waals surface area contributed by atoms with E-state index in [1.807, 2.05) is 0 Å². The molecule has 0 heterocycles. The van der Waals surface area contributed by atoms with Gasteiger partial charge in [-0.2, -0.15) is 5.26 Å². The van der Waals surface area contributed by atoms with Crippen molar-refractivity contribution in [3.63, 3.8) is 0 Å². The van der Waals surface area contributed by atoms with Gasteiger partial charge in [0, 0.05) is 6.92 Å². The third kappa shape index (κ3) is 829. The molecule has 9 heteroatoms. The number of nitriles is 1. The molecule has 0 fully saturated rings. The number of nitrogens with zero attached hydrogens (tertiary/aromatic N) is 1. The standard InChI is InChI=1S/C4H11N.C2H3N.F6P/c1-2-3-4-5;1-2-3;1-7(2,3,4,5)6/h2-5H2,1H3;1H3;/q;;-1/p+1. The first-order valence-electron chi connectivity index (χ1n) is 3.85. The number of unbranched alkanes of at least 4 members (excludes halogenated alkanes) is 1. The van der Waals surface area contributed by atoms with Crippen molar-refractivity contribution < 1.29 is 26.6 Å². The van der Waals surface area contributed by atoms with E-state index in [9.17, 15) is 25.2 Å². The van der Waals surface area contributed by atoms with E-state index in [0.29, 0.717) is 0 Å². The van der Waals surface area contributed by atoms with Crippen LogP contribution >= 0.6 is 7.81 Å². The third-order valence-electron chi connectivity index (χ3n) is 0.558. The summed E-state index contributed by atoms with van der Waals surface area (Å²) in [6, 6.07) is 1.75. The van der Waals surface area contributed by atoms with Crippen LogP contribution in [0.4, 0.5) is 25.2 Å². The first kappa shape index (κ1) is 19.9. The summed E-state index contributed by atoms with van der Waals surface area (Å²) >= 11 is 0. The van der Waals surface area contributed by atoms with E-state index in [1.54, 1.807) is 6.07 Å². The topological polar surface area (TPSA) is 49.8 Å². The van der Waals surface area contributed by atoms with Crippen molar-refractivity contribution in [1.29, 1.82) is 5.26 Å². The molecule has 15 heavy (non-hydrogen) atoms. The Morgan fingerprint density at radius 1 is 1.20 bits per heavy atom. The molecule has 0 amide bonds. The molecule has 0 aliphatic heterocycles. The Hall–Kier alpha value is -0.540. The van der Waals surface area contributed by atoms with Gasteiger partial charge in [-0.05, 0) is 13.0 Å². The maximum Gasteiger partial charge on any atom is 1.00 e. The van der Waals surface area contributed by atoms with E-state index in [1.165, 1.54) is 19.8 Å². The monoisotopic (exact) mass is 260 g/mol. The minimum absolute atomic E-state index is 0. The van der Waals surface area contributed by atoms with Gasteiger partial charge in [0.1, 0.15) is 0 Å². The first-order chi connectivity index (χ1) is 6.28. The molecule has 2 nitrogen and oxygen atoms in total. The van der Waals surface area contributed by atoms with Gasteiger partial charge >= 0.3 is 34.4 Å². The molecule has 0 aromatic carbocycles. The minimum Gasteiger partial charge on any atom is 1.00 e. The van der Waals surface area contributed by atoms with Gasteiger partial charge in [-0.1, -0.05) is 13.3 Å². The van der Waals surface area contributed by atoms with Crippen LogP contribution in [0.3, 0.4) is 0 Å². The maximum atomic E-state index is 9.87. The van der Waals surface area contributed by atoms with Crippen LogP contribution in [0.2, 0.25) is 0 Å². The molecule has 0 saturated heterocycles. The summed E-state index contributed by atoms with van der Waals surface area (Å²) in [6.07, 6.45) is 2.39. The average molecular weight is 260 g/mol. The van der Waals surface area contributed by atoms with Crippen LogP contribution in [0.5, 0.6) is 0 Å². The Bertz CT molecular complexity index is 181. The average Bonchev–Trinajstić information content (AvgIpc) is 1.83. The third-order valence-corrected chi connectivity index (χ3v) is 0.558. The Morgan fingerprint density at radius 2 is 1.40 bits per heavy atom. The van der Waals surface area contributed by atoms with Gasteiger partial charge in [-0.3, -0.25) is 0 Å². The fraction of sp³-hybridized carbons (Fsp3) is 0.833. The zero-order valence-electron chi connectivity index (χ0n) is 9.36. The van der Waals surface area contributed by atoms with Gasteiger partial charge < -0.3 is 5.73 Å². The Labute approximate surface area is 85.8 Å². The molecule has 0 aliphatic carbocycles. The van der Waals surface area contributed by atoms with Crippen molar-refractivity contribution in [3.05, 3.63) is 0 Å². The molecule has 0 radical (unpaired) electrons. The molecule has 0 aromatic rings. The molecule has 0 unspecified atom stereocenters. The predicted octanol–water partition coefficient (Wildman–Crippen LogP) is 4.77. The van der Waals surface area contributed by atoms with Crippen LogP contribution in [-0.4, -0.2) is 6.54 Å². The second-order valence-electron chi connectivity index (χ2n) is 2.32. The summed E-state index contributed by atoms with van der Waals surface area (Å²) in [5.74, 6) is 0. The van der Waals surface area contributed by atoms with Crippen LogP contribution < -0.4 is 5.73 Å². The number of hydrogen-bond donors (Lipinski definition) is 1. The molecule has 0 aliphatic rings. The normalized spacial score (nSPS) is 14.1. The van der Waals surface area contributed by atoms with Gasteiger partial charge in [-0.25, -0.2) is 0 Å². The second-order valence-corrected chi connectivity index (χ2v) is 4.24. The quantitative estimate of drug-likeness (QED) is 0.574. The fourth-order valence-electron chi connectivity index (χ4n) is 0.204. The van der Waals surface area contributed by atoms with E-state index >= 15 is 0 Å². The molecular weight excluding hydrogens is 245 g/mol. The molecule has 0 saturated carbocycles. The number of rotatable bonds is 2. The minimum atomic E-state index is -10.7. The van der Waals surface area contributed by atoms with Gasteiger partial charge in [-0.15, -0.1) is 0 Å². The van der Waals surface area contributed by atoms with E-state index < -0.39 is 7.81 Å².